The first kappa shape index (κ1) is 15.0. The van der Waals surface area contributed by atoms with Gasteiger partial charge in [-0.25, -0.2) is 0 Å². The minimum atomic E-state index is 0.00423. The zero-order valence-electron chi connectivity index (χ0n) is 12.6. The van der Waals surface area contributed by atoms with Gasteiger partial charge in [0.2, 0.25) is 5.91 Å². The molecule has 0 aromatic heterocycles. The van der Waals surface area contributed by atoms with E-state index in [-0.39, 0.29) is 11.9 Å². The van der Waals surface area contributed by atoms with Crippen LogP contribution in [0.4, 0.5) is 0 Å². The van der Waals surface area contributed by atoms with Gasteiger partial charge in [-0.3, -0.25) is 10.1 Å². The van der Waals surface area contributed by atoms with Crippen LogP contribution in [0.25, 0.3) is 0 Å². The van der Waals surface area contributed by atoms with Crippen LogP contribution in [-0.4, -0.2) is 30.1 Å². The Kier molecular flexibility index (Phi) is 5.60. The highest BCUT2D eigenvalue weighted by atomic mass is 16.2. The molecule has 3 nitrogen and oxygen atoms in total. The maximum absolute atomic E-state index is 12.4. The number of nitrogens with one attached hydrogen (secondary N) is 1. The molecule has 2 rings (SSSR count). The van der Waals surface area contributed by atoms with Gasteiger partial charge >= 0.3 is 0 Å². The fourth-order valence-electron chi connectivity index (χ4n) is 2.80. The molecule has 110 valence electrons. The third kappa shape index (κ3) is 3.83. The second-order valence-corrected chi connectivity index (χ2v) is 5.68. The fraction of sp³-hybridized carbons (Fsp3) is 0.588. The standard InChI is InChI=1S/C17H26N2O/c1-3-14(4-2)12-19-13-18-16(17(19)20)11-10-15-8-6-5-7-9-15/h5-9,14,16,18H,3-4,10-13H2,1-2H3. The average Bonchev–Trinajstić information content (AvgIpc) is 2.84. The molecule has 3 heteroatoms. The van der Waals surface area contributed by atoms with Crippen molar-refractivity contribution < 1.29 is 4.79 Å². The molecule has 1 N–H and O–H groups in total. The largest absolute Gasteiger partial charge is 0.328 e. The lowest BCUT2D eigenvalue weighted by molar-refractivity contribution is -0.129. The number of nitrogens with zero attached hydrogens (tertiary/aromatic N) is 1. The summed E-state index contributed by atoms with van der Waals surface area (Å²) in [6.45, 7) is 6.03. The van der Waals surface area contributed by atoms with E-state index in [1.807, 2.05) is 11.0 Å². The molecule has 1 unspecified atom stereocenters. The first-order chi connectivity index (χ1) is 9.74. The van der Waals surface area contributed by atoms with Crippen molar-refractivity contribution in [3.8, 4) is 0 Å². The molecule has 1 heterocycles. The molecule has 1 aromatic carbocycles. The number of carbonyl (C=O) groups is 1. The maximum atomic E-state index is 12.4. The van der Waals surface area contributed by atoms with Crippen LogP contribution in [0.5, 0.6) is 0 Å². The van der Waals surface area contributed by atoms with Gasteiger partial charge < -0.3 is 4.90 Å². The molecule has 1 saturated heterocycles. The molecule has 1 aromatic rings. The summed E-state index contributed by atoms with van der Waals surface area (Å²) in [6, 6.07) is 10.4. The monoisotopic (exact) mass is 274 g/mol. The Morgan fingerprint density at radius 3 is 2.60 bits per heavy atom. The number of amides is 1. The second-order valence-electron chi connectivity index (χ2n) is 5.68. The Morgan fingerprint density at radius 2 is 1.95 bits per heavy atom. The number of aryl methyl sites for hydroxylation is 1. The number of rotatable bonds is 7. The van der Waals surface area contributed by atoms with E-state index in [4.69, 9.17) is 0 Å². The topological polar surface area (TPSA) is 32.3 Å². The van der Waals surface area contributed by atoms with Crippen molar-refractivity contribution in [2.75, 3.05) is 13.2 Å². The van der Waals surface area contributed by atoms with Gasteiger partial charge in [0.25, 0.3) is 0 Å². The van der Waals surface area contributed by atoms with Crippen LogP contribution < -0.4 is 5.32 Å². The van der Waals surface area contributed by atoms with Gasteiger partial charge in [-0.15, -0.1) is 0 Å². The Morgan fingerprint density at radius 1 is 1.25 bits per heavy atom. The van der Waals surface area contributed by atoms with Crippen molar-refractivity contribution in [1.29, 1.82) is 0 Å². The van der Waals surface area contributed by atoms with Crippen molar-refractivity contribution in [1.82, 2.24) is 10.2 Å². The molecule has 1 amide bonds. The van der Waals surface area contributed by atoms with Crippen molar-refractivity contribution in [3.05, 3.63) is 35.9 Å². The Labute approximate surface area is 122 Å². The molecule has 1 fully saturated rings. The number of benzene rings is 1. The van der Waals surface area contributed by atoms with Crippen LogP contribution in [0.3, 0.4) is 0 Å². The third-order valence-electron chi connectivity index (χ3n) is 4.34. The molecule has 1 aliphatic heterocycles. The van der Waals surface area contributed by atoms with Gasteiger partial charge in [0.1, 0.15) is 0 Å². The summed E-state index contributed by atoms with van der Waals surface area (Å²) in [5.74, 6) is 0.918. The summed E-state index contributed by atoms with van der Waals surface area (Å²) in [6.07, 6.45) is 4.15. The lowest BCUT2D eigenvalue weighted by Gasteiger charge is -2.21. The van der Waals surface area contributed by atoms with Crippen molar-refractivity contribution in [3.63, 3.8) is 0 Å². The first-order valence-corrected chi connectivity index (χ1v) is 7.80. The van der Waals surface area contributed by atoms with Crippen molar-refractivity contribution in [2.24, 2.45) is 5.92 Å². The van der Waals surface area contributed by atoms with E-state index in [1.54, 1.807) is 0 Å². The zero-order chi connectivity index (χ0) is 14.4. The predicted molar refractivity (Wildman–Crippen MR) is 82.3 cm³/mol. The summed E-state index contributed by atoms with van der Waals surface area (Å²) in [5, 5.41) is 3.36. The van der Waals surface area contributed by atoms with Gasteiger partial charge in [0.15, 0.2) is 0 Å². The molecular weight excluding hydrogens is 248 g/mol. The first-order valence-electron chi connectivity index (χ1n) is 7.80. The van der Waals surface area contributed by atoms with Gasteiger partial charge in [0.05, 0.1) is 12.7 Å². The van der Waals surface area contributed by atoms with E-state index >= 15 is 0 Å². The molecule has 0 bridgehead atoms. The highest BCUT2D eigenvalue weighted by Gasteiger charge is 2.31. The van der Waals surface area contributed by atoms with E-state index in [9.17, 15) is 4.79 Å². The van der Waals surface area contributed by atoms with Crippen molar-refractivity contribution >= 4 is 5.91 Å². The van der Waals surface area contributed by atoms with Crippen LogP contribution in [0.1, 0.15) is 38.7 Å². The number of carbonyl (C=O) groups excluding carboxylic acids is 1. The third-order valence-corrected chi connectivity index (χ3v) is 4.34. The van der Waals surface area contributed by atoms with Crippen LogP contribution in [0, 0.1) is 5.92 Å². The number of hydrogen-bond donors (Lipinski definition) is 1. The van der Waals surface area contributed by atoms with Gasteiger partial charge in [0, 0.05) is 6.54 Å². The quantitative estimate of drug-likeness (QED) is 0.829. The van der Waals surface area contributed by atoms with Crippen LogP contribution in [0.2, 0.25) is 0 Å². The highest BCUT2D eigenvalue weighted by molar-refractivity contribution is 5.83. The van der Waals surface area contributed by atoms with E-state index in [0.29, 0.717) is 5.92 Å². The molecule has 0 aliphatic carbocycles. The molecule has 1 aliphatic rings. The number of hydrogen-bond acceptors (Lipinski definition) is 2. The minimum absolute atomic E-state index is 0.00423. The average molecular weight is 274 g/mol. The maximum Gasteiger partial charge on any atom is 0.240 e. The Balaban J connectivity index is 1.82. The molecule has 0 saturated carbocycles. The second kappa shape index (κ2) is 7.44. The zero-order valence-corrected chi connectivity index (χ0v) is 12.6. The van der Waals surface area contributed by atoms with Gasteiger partial charge in [-0.05, 0) is 24.3 Å². The van der Waals surface area contributed by atoms with Crippen LogP contribution in [-0.2, 0) is 11.2 Å². The molecular formula is C17H26N2O. The summed E-state index contributed by atoms with van der Waals surface area (Å²) < 4.78 is 0. The SMILES string of the molecule is CCC(CC)CN1CNC(CCc2ccccc2)C1=O. The van der Waals surface area contributed by atoms with Crippen LogP contribution >= 0.6 is 0 Å². The molecule has 1 atom stereocenters. The lowest BCUT2D eigenvalue weighted by Crippen LogP contribution is -2.34. The van der Waals surface area contributed by atoms with Gasteiger partial charge in [-0.2, -0.15) is 0 Å². The summed E-state index contributed by atoms with van der Waals surface area (Å²) in [4.78, 5) is 14.4. The van der Waals surface area contributed by atoms with E-state index in [2.05, 4.69) is 43.4 Å². The van der Waals surface area contributed by atoms with Gasteiger partial charge in [-0.1, -0.05) is 57.0 Å². The summed E-state index contributed by atoms with van der Waals surface area (Å²) >= 11 is 0. The normalized spacial score (nSPS) is 19.1. The smallest absolute Gasteiger partial charge is 0.240 e. The highest BCUT2D eigenvalue weighted by Crippen LogP contribution is 2.15. The fourth-order valence-corrected chi connectivity index (χ4v) is 2.80. The minimum Gasteiger partial charge on any atom is -0.328 e. The summed E-state index contributed by atoms with van der Waals surface area (Å²) in [7, 11) is 0. The molecule has 20 heavy (non-hydrogen) atoms. The predicted octanol–water partition coefficient (Wildman–Crippen LogP) is 2.81. The molecule has 0 radical (unpaired) electrons. The Bertz CT molecular complexity index is 414. The Hall–Kier alpha value is -1.35. The van der Waals surface area contributed by atoms with E-state index in [0.717, 1.165) is 38.9 Å². The molecule has 0 spiro atoms. The van der Waals surface area contributed by atoms with Crippen molar-refractivity contribution in [2.45, 2.75) is 45.6 Å². The lowest BCUT2D eigenvalue weighted by atomic mass is 10.0. The van der Waals surface area contributed by atoms with Crippen LogP contribution in [0.15, 0.2) is 30.3 Å². The van der Waals surface area contributed by atoms with E-state index < -0.39 is 0 Å². The summed E-state index contributed by atoms with van der Waals surface area (Å²) in [5.41, 5.74) is 1.31. The van der Waals surface area contributed by atoms with E-state index in [1.165, 1.54) is 5.56 Å².